The molecule has 0 aliphatic carbocycles. The quantitative estimate of drug-likeness (QED) is 0.722. The molecule has 0 saturated heterocycles. The number of ether oxygens (including phenoxy) is 1. The van der Waals surface area contributed by atoms with Gasteiger partial charge in [0.15, 0.2) is 5.78 Å². The Bertz CT molecular complexity index is 913. The Morgan fingerprint density at radius 2 is 1.80 bits per heavy atom. The Morgan fingerprint density at radius 3 is 2.28 bits per heavy atom. The third-order valence-electron chi connectivity index (χ3n) is 3.35. The second kappa shape index (κ2) is 6.98. The minimum absolute atomic E-state index is 0.0445. The molecule has 25 heavy (non-hydrogen) atoms. The molecule has 0 radical (unpaired) electrons. The molecule has 0 spiro atoms. The van der Waals surface area contributed by atoms with E-state index in [1.54, 1.807) is 0 Å². The van der Waals surface area contributed by atoms with Crippen molar-refractivity contribution in [1.82, 2.24) is 0 Å². The molecule has 0 aliphatic rings. The first kappa shape index (κ1) is 18.5. The predicted molar refractivity (Wildman–Crippen MR) is 90.4 cm³/mol. The lowest BCUT2D eigenvalue weighted by Gasteiger charge is -2.08. The molecule has 0 atom stereocenters. The zero-order valence-electron chi connectivity index (χ0n) is 14.0. The number of carbonyl (C=O) groups is 2. The summed E-state index contributed by atoms with van der Waals surface area (Å²) < 4.78 is 37.6. The van der Waals surface area contributed by atoms with Crippen molar-refractivity contribution in [2.75, 3.05) is 11.3 Å². The summed E-state index contributed by atoms with van der Waals surface area (Å²) in [5.74, 6) is -1.19. The smallest absolute Gasteiger partial charge is 0.264 e. The van der Waals surface area contributed by atoms with Crippen LogP contribution in [0.5, 0.6) is 5.75 Å². The summed E-state index contributed by atoms with van der Waals surface area (Å²) in [5, 5.41) is 0. The van der Waals surface area contributed by atoms with E-state index < -0.39 is 21.7 Å². The maximum atomic E-state index is 12.5. The van der Waals surface area contributed by atoms with Gasteiger partial charge in [-0.2, -0.15) is 0 Å². The van der Waals surface area contributed by atoms with Gasteiger partial charge in [-0.1, -0.05) is 0 Å². The number of anilines is 1. The highest BCUT2D eigenvalue weighted by molar-refractivity contribution is 7.92. The number of rotatable bonds is 7. The van der Waals surface area contributed by atoms with E-state index in [-0.39, 0.29) is 27.7 Å². The number of Topliss-reactive ketones (excluding diaryl/α,β-unsaturated/α-hetero) is 1. The van der Waals surface area contributed by atoms with Gasteiger partial charge in [0.2, 0.25) is 5.88 Å². The molecule has 0 aliphatic heterocycles. The van der Waals surface area contributed by atoms with Crippen molar-refractivity contribution in [3.63, 3.8) is 0 Å². The van der Waals surface area contributed by atoms with Crippen LogP contribution in [0.25, 0.3) is 0 Å². The van der Waals surface area contributed by atoms with Gasteiger partial charge < -0.3 is 14.9 Å². The summed E-state index contributed by atoms with van der Waals surface area (Å²) in [6.07, 6.45) is 0. The van der Waals surface area contributed by atoms with E-state index >= 15 is 0 Å². The van der Waals surface area contributed by atoms with Crippen molar-refractivity contribution in [1.29, 1.82) is 0 Å². The Labute approximate surface area is 145 Å². The number of sulfonamides is 1. The summed E-state index contributed by atoms with van der Waals surface area (Å²) in [6, 6.07) is 5.70. The fourth-order valence-electron chi connectivity index (χ4n) is 2.34. The molecule has 1 heterocycles. The van der Waals surface area contributed by atoms with Crippen molar-refractivity contribution in [2.24, 2.45) is 5.73 Å². The van der Waals surface area contributed by atoms with Gasteiger partial charge in [0.1, 0.15) is 17.1 Å². The normalized spacial score (nSPS) is 11.2. The maximum absolute atomic E-state index is 12.5. The van der Waals surface area contributed by atoms with Gasteiger partial charge in [0, 0.05) is 0 Å². The van der Waals surface area contributed by atoms with Gasteiger partial charge in [-0.25, -0.2) is 13.1 Å². The van der Waals surface area contributed by atoms with Crippen LogP contribution in [0, 0.1) is 6.92 Å². The van der Waals surface area contributed by atoms with E-state index in [1.165, 1.54) is 38.1 Å². The van der Waals surface area contributed by atoms with Crippen LogP contribution in [0.4, 0.5) is 5.88 Å². The number of hydrogen-bond acceptors (Lipinski definition) is 6. The first-order valence-corrected chi connectivity index (χ1v) is 8.85. The Balaban J connectivity index is 2.42. The predicted octanol–water partition coefficient (Wildman–Crippen LogP) is 2.09. The Hall–Kier alpha value is -2.81. The van der Waals surface area contributed by atoms with Crippen LogP contribution in [0.2, 0.25) is 0 Å². The summed E-state index contributed by atoms with van der Waals surface area (Å²) >= 11 is 0. The number of amides is 1. The molecule has 3 N–H and O–H groups in total. The van der Waals surface area contributed by atoms with Gasteiger partial charge in [-0.15, -0.1) is 0 Å². The van der Waals surface area contributed by atoms with Crippen LogP contribution < -0.4 is 15.2 Å². The van der Waals surface area contributed by atoms with Crippen molar-refractivity contribution in [3.05, 3.63) is 41.2 Å². The summed E-state index contributed by atoms with van der Waals surface area (Å²) in [4.78, 5) is 23.3. The van der Waals surface area contributed by atoms with Crippen molar-refractivity contribution >= 4 is 27.6 Å². The van der Waals surface area contributed by atoms with Crippen LogP contribution >= 0.6 is 0 Å². The summed E-state index contributed by atoms with van der Waals surface area (Å²) in [6.45, 7) is 4.93. The molecular formula is C16H18N2O6S. The molecule has 0 unspecified atom stereocenters. The molecule has 0 fully saturated rings. The van der Waals surface area contributed by atoms with Crippen molar-refractivity contribution in [2.45, 2.75) is 25.7 Å². The minimum Gasteiger partial charge on any atom is -0.494 e. The number of aryl methyl sites for hydroxylation is 1. The van der Waals surface area contributed by atoms with E-state index in [0.29, 0.717) is 12.4 Å². The van der Waals surface area contributed by atoms with Crippen LogP contribution in [0.3, 0.4) is 0 Å². The van der Waals surface area contributed by atoms with Gasteiger partial charge in [-0.05, 0) is 45.0 Å². The molecule has 0 saturated carbocycles. The average Bonchev–Trinajstić information content (AvgIpc) is 2.84. The van der Waals surface area contributed by atoms with Gasteiger partial charge in [0.25, 0.3) is 15.9 Å². The highest BCUT2D eigenvalue weighted by Crippen LogP contribution is 2.29. The summed E-state index contributed by atoms with van der Waals surface area (Å²) in [7, 11) is -4.05. The molecule has 1 aromatic carbocycles. The van der Waals surface area contributed by atoms with E-state index in [2.05, 4.69) is 4.72 Å². The van der Waals surface area contributed by atoms with Gasteiger partial charge in [-0.3, -0.25) is 9.59 Å². The molecule has 2 rings (SSSR count). The second-order valence-electron chi connectivity index (χ2n) is 5.17. The summed E-state index contributed by atoms with van der Waals surface area (Å²) in [5.41, 5.74) is 4.94. The topological polar surface area (TPSA) is 129 Å². The number of ketones is 1. The number of nitrogens with two attached hydrogens (primary N) is 1. The highest BCUT2D eigenvalue weighted by atomic mass is 32.2. The minimum atomic E-state index is -4.05. The number of nitrogens with one attached hydrogen (secondary N) is 1. The van der Waals surface area contributed by atoms with Crippen LogP contribution in [-0.4, -0.2) is 26.7 Å². The third-order valence-corrected chi connectivity index (χ3v) is 4.70. The van der Waals surface area contributed by atoms with Gasteiger partial charge in [0.05, 0.1) is 17.1 Å². The van der Waals surface area contributed by atoms with Crippen LogP contribution in [0.15, 0.2) is 33.6 Å². The second-order valence-corrected chi connectivity index (χ2v) is 6.85. The van der Waals surface area contributed by atoms with Crippen molar-refractivity contribution in [3.8, 4) is 5.75 Å². The van der Waals surface area contributed by atoms with E-state index in [0.717, 1.165) is 0 Å². The Kier molecular flexibility index (Phi) is 5.17. The molecule has 134 valence electrons. The van der Waals surface area contributed by atoms with E-state index in [4.69, 9.17) is 14.9 Å². The van der Waals surface area contributed by atoms with E-state index in [1.807, 2.05) is 6.92 Å². The lowest BCUT2D eigenvalue weighted by atomic mass is 10.1. The van der Waals surface area contributed by atoms with E-state index in [9.17, 15) is 18.0 Å². The lowest BCUT2D eigenvalue weighted by Crippen LogP contribution is -2.19. The average molecular weight is 366 g/mol. The molecule has 2 aromatic rings. The lowest BCUT2D eigenvalue weighted by molar-refractivity contribution is 0.0974. The molecule has 1 amide bonds. The highest BCUT2D eigenvalue weighted by Gasteiger charge is 2.28. The SMILES string of the molecule is CCOc1ccc(S(=O)(=O)Nc2oc(C)c(C(C)=O)c2C(N)=O)cc1. The number of carbonyl (C=O) groups excluding carboxylic acids is 2. The van der Waals surface area contributed by atoms with Crippen molar-refractivity contribution < 1.29 is 27.2 Å². The fourth-order valence-corrected chi connectivity index (χ4v) is 3.34. The van der Waals surface area contributed by atoms with Crippen LogP contribution in [0.1, 0.15) is 40.3 Å². The largest absolute Gasteiger partial charge is 0.494 e. The molecular weight excluding hydrogens is 348 g/mol. The Morgan fingerprint density at radius 1 is 1.20 bits per heavy atom. The molecule has 8 nitrogen and oxygen atoms in total. The molecule has 1 aromatic heterocycles. The monoisotopic (exact) mass is 366 g/mol. The van der Waals surface area contributed by atoms with Crippen LogP contribution in [-0.2, 0) is 10.0 Å². The number of benzene rings is 1. The zero-order chi connectivity index (χ0) is 18.8. The molecule has 9 heteroatoms. The number of primary amides is 1. The standard InChI is InChI=1S/C16H18N2O6S/c1-4-23-11-5-7-12(8-6-11)25(21,22)18-16-14(15(17)20)13(9(2)19)10(3)24-16/h5-8,18H,4H2,1-3H3,(H2,17,20). The first-order chi connectivity index (χ1) is 11.7. The molecule has 0 bridgehead atoms. The zero-order valence-corrected chi connectivity index (χ0v) is 14.8. The fraction of sp³-hybridized carbons (Fsp3) is 0.250. The third kappa shape index (κ3) is 3.82. The number of hydrogen-bond donors (Lipinski definition) is 2. The number of furan rings is 1. The van der Waals surface area contributed by atoms with Gasteiger partial charge >= 0.3 is 0 Å². The first-order valence-electron chi connectivity index (χ1n) is 7.37. The maximum Gasteiger partial charge on any atom is 0.264 e.